The Bertz CT molecular complexity index is 794. The molecule has 5 heteroatoms. The Balaban J connectivity index is 1.94. The number of nitrogens with one attached hydrogen (secondary N) is 1. The molecule has 120 valence electrons. The van der Waals surface area contributed by atoms with Crippen molar-refractivity contribution in [3.63, 3.8) is 0 Å². The van der Waals surface area contributed by atoms with Gasteiger partial charge in [-0.15, -0.1) is 0 Å². The lowest BCUT2D eigenvalue weighted by Gasteiger charge is -2.10. The first-order chi connectivity index (χ1) is 11.0. The molecule has 0 unspecified atom stereocenters. The summed E-state index contributed by atoms with van der Waals surface area (Å²) in [5, 5.41) is 0. The molecular weight excluding hydrogens is 298 g/mol. The van der Waals surface area contributed by atoms with E-state index in [0.717, 1.165) is 23.5 Å². The SMILES string of the molecule is CC(C)CCOc1cc(-c2nc3ccccc3[nH]2)cc(F)c1F. The molecule has 3 aromatic rings. The maximum absolute atomic E-state index is 13.9. The number of halogens is 2. The first-order valence-corrected chi connectivity index (χ1v) is 7.61. The van der Waals surface area contributed by atoms with Gasteiger partial charge in [0, 0.05) is 5.56 Å². The van der Waals surface area contributed by atoms with E-state index in [4.69, 9.17) is 4.74 Å². The molecule has 0 saturated heterocycles. The smallest absolute Gasteiger partial charge is 0.200 e. The van der Waals surface area contributed by atoms with Gasteiger partial charge in [-0.25, -0.2) is 9.37 Å². The lowest BCUT2D eigenvalue weighted by Crippen LogP contribution is -2.04. The highest BCUT2D eigenvalue weighted by Gasteiger charge is 2.15. The number of aromatic amines is 1. The topological polar surface area (TPSA) is 37.9 Å². The first kappa shape index (κ1) is 15.5. The van der Waals surface area contributed by atoms with E-state index < -0.39 is 11.6 Å². The molecule has 0 aliphatic heterocycles. The minimum atomic E-state index is -0.964. The zero-order valence-corrected chi connectivity index (χ0v) is 13.1. The molecule has 3 nitrogen and oxygen atoms in total. The number of H-pyrrole nitrogens is 1. The molecule has 3 rings (SSSR count). The van der Waals surface area contributed by atoms with Gasteiger partial charge >= 0.3 is 0 Å². The van der Waals surface area contributed by atoms with Gasteiger partial charge in [0.15, 0.2) is 11.6 Å². The van der Waals surface area contributed by atoms with Gasteiger partial charge < -0.3 is 9.72 Å². The molecule has 0 radical (unpaired) electrons. The molecule has 23 heavy (non-hydrogen) atoms. The average molecular weight is 316 g/mol. The monoisotopic (exact) mass is 316 g/mol. The van der Waals surface area contributed by atoms with Gasteiger partial charge in [0.05, 0.1) is 17.6 Å². The van der Waals surface area contributed by atoms with Crippen LogP contribution in [0.25, 0.3) is 22.4 Å². The van der Waals surface area contributed by atoms with E-state index >= 15 is 0 Å². The maximum Gasteiger partial charge on any atom is 0.200 e. The standard InChI is InChI=1S/C18H18F2N2O/c1-11(2)7-8-23-16-10-12(9-13(19)17(16)20)18-21-14-5-3-4-6-15(14)22-18/h3-6,9-11H,7-8H2,1-2H3,(H,21,22). The number of ether oxygens (including phenoxy) is 1. The highest BCUT2D eigenvalue weighted by atomic mass is 19.2. The molecule has 1 aromatic heterocycles. The van der Waals surface area contributed by atoms with E-state index in [1.165, 1.54) is 6.07 Å². The number of para-hydroxylation sites is 2. The zero-order chi connectivity index (χ0) is 16.4. The van der Waals surface area contributed by atoms with Gasteiger partial charge in [-0.1, -0.05) is 26.0 Å². The molecule has 0 atom stereocenters. The Morgan fingerprint density at radius 2 is 1.96 bits per heavy atom. The number of benzene rings is 2. The lowest BCUT2D eigenvalue weighted by atomic mass is 10.1. The van der Waals surface area contributed by atoms with Crippen molar-refractivity contribution in [2.75, 3.05) is 6.61 Å². The van der Waals surface area contributed by atoms with Crippen LogP contribution < -0.4 is 4.74 Å². The van der Waals surface area contributed by atoms with Crippen LogP contribution in [-0.4, -0.2) is 16.6 Å². The summed E-state index contributed by atoms with van der Waals surface area (Å²) in [5.74, 6) is -1.07. The fourth-order valence-electron chi connectivity index (χ4n) is 2.30. The molecule has 0 amide bonds. The van der Waals surface area contributed by atoms with Crippen LogP contribution in [0.5, 0.6) is 5.75 Å². The number of imidazole rings is 1. The maximum atomic E-state index is 13.9. The minimum absolute atomic E-state index is 0.0823. The predicted octanol–water partition coefficient (Wildman–Crippen LogP) is 4.93. The van der Waals surface area contributed by atoms with Crippen molar-refractivity contribution in [3.05, 3.63) is 48.0 Å². The van der Waals surface area contributed by atoms with Gasteiger partial charge in [-0.05, 0) is 36.6 Å². The summed E-state index contributed by atoms with van der Waals surface area (Å²) >= 11 is 0. The van der Waals surface area contributed by atoms with Crippen LogP contribution in [0.1, 0.15) is 20.3 Å². The second-order valence-electron chi connectivity index (χ2n) is 5.90. The summed E-state index contributed by atoms with van der Waals surface area (Å²) in [6.07, 6.45) is 0.774. The van der Waals surface area contributed by atoms with Gasteiger partial charge in [0.1, 0.15) is 5.82 Å². The molecule has 2 aromatic carbocycles. The van der Waals surface area contributed by atoms with Crippen molar-refractivity contribution in [2.24, 2.45) is 5.92 Å². The van der Waals surface area contributed by atoms with E-state index in [-0.39, 0.29) is 5.75 Å². The third kappa shape index (κ3) is 3.33. The lowest BCUT2D eigenvalue weighted by molar-refractivity contribution is 0.272. The fraction of sp³-hybridized carbons (Fsp3) is 0.278. The van der Waals surface area contributed by atoms with Crippen LogP contribution in [0.3, 0.4) is 0 Å². The van der Waals surface area contributed by atoms with E-state index in [1.54, 1.807) is 0 Å². The molecule has 0 bridgehead atoms. The van der Waals surface area contributed by atoms with Crippen molar-refractivity contribution in [1.29, 1.82) is 0 Å². The summed E-state index contributed by atoms with van der Waals surface area (Å²) in [6, 6.07) is 10.1. The molecule has 0 aliphatic carbocycles. The minimum Gasteiger partial charge on any atom is -0.490 e. The zero-order valence-electron chi connectivity index (χ0n) is 13.1. The molecule has 0 spiro atoms. The van der Waals surface area contributed by atoms with Crippen LogP contribution in [-0.2, 0) is 0 Å². The number of nitrogens with zero attached hydrogens (tertiary/aromatic N) is 1. The number of hydrogen-bond acceptors (Lipinski definition) is 2. The normalized spacial score (nSPS) is 11.3. The van der Waals surface area contributed by atoms with Crippen molar-refractivity contribution < 1.29 is 13.5 Å². The fourth-order valence-corrected chi connectivity index (χ4v) is 2.30. The van der Waals surface area contributed by atoms with Crippen molar-refractivity contribution >= 4 is 11.0 Å². The molecule has 0 fully saturated rings. The van der Waals surface area contributed by atoms with Crippen LogP contribution in [0, 0.1) is 17.6 Å². The molecule has 0 saturated carbocycles. The van der Waals surface area contributed by atoms with Crippen LogP contribution in [0.15, 0.2) is 36.4 Å². The highest BCUT2D eigenvalue weighted by Crippen LogP contribution is 2.29. The van der Waals surface area contributed by atoms with E-state index in [1.807, 2.05) is 38.1 Å². The Labute approximate surface area is 133 Å². The molecule has 1 N–H and O–H groups in total. The summed E-state index contributed by atoms with van der Waals surface area (Å²) in [5.41, 5.74) is 2.07. The quantitative estimate of drug-likeness (QED) is 0.724. The average Bonchev–Trinajstić information content (AvgIpc) is 2.95. The third-order valence-electron chi connectivity index (χ3n) is 3.61. The van der Waals surface area contributed by atoms with E-state index in [0.29, 0.717) is 23.9 Å². The highest BCUT2D eigenvalue weighted by molar-refractivity contribution is 5.79. The van der Waals surface area contributed by atoms with Crippen LogP contribution >= 0.6 is 0 Å². The summed E-state index contributed by atoms with van der Waals surface area (Å²) < 4.78 is 33.2. The molecule has 0 aliphatic rings. The number of fused-ring (bicyclic) bond motifs is 1. The number of rotatable bonds is 5. The summed E-state index contributed by atoms with van der Waals surface area (Å²) in [6.45, 7) is 4.44. The van der Waals surface area contributed by atoms with Gasteiger partial charge in [-0.3, -0.25) is 0 Å². The number of aromatic nitrogens is 2. The summed E-state index contributed by atoms with van der Waals surface area (Å²) in [4.78, 5) is 7.51. The van der Waals surface area contributed by atoms with Crippen LogP contribution in [0.4, 0.5) is 8.78 Å². The second kappa shape index (κ2) is 6.36. The molecular formula is C18H18F2N2O. The Morgan fingerprint density at radius 3 is 2.70 bits per heavy atom. The first-order valence-electron chi connectivity index (χ1n) is 7.61. The Kier molecular flexibility index (Phi) is 4.28. The van der Waals surface area contributed by atoms with Crippen molar-refractivity contribution in [3.8, 4) is 17.1 Å². The van der Waals surface area contributed by atoms with E-state index in [2.05, 4.69) is 9.97 Å². The Morgan fingerprint density at radius 1 is 1.17 bits per heavy atom. The largest absolute Gasteiger partial charge is 0.490 e. The van der Waals surface area contributed by atoms with Gasteiger partial charge in [0.2, 0.25) is 5.82 Å². The predicted molar refractivity (Wildman–Crippen MR) is 86.4 cm³/mol. The van der Waals surface area contributed by atoms with Crippen molar-refractivity contribution in [2.45, 2.75) is 20.3 Å². The second-order valence-corrected chi connectivity index (χ2v) is 5.90. The molecule has 1 heterocycles. The third-order valence-corrected chi connectivity index (χ3v) is 3.61. The van der Waals surface area contributed by atoms with E-state index in [9.17, 15) is 8.78 Å². The van der Waals surface area contributed by atoms with Gasteiger partial charge in [-0.2, -0.15) is 4.39 Å². The van der Waals surface area contributed by atoms with Gasteiger partial charge in [0.25, 0.3) is 0 Å². The van der Waals surface area contributed by atoms with Crippen LogP contribution in [0.2, 0.25) is 0 Å². The van der Waals surface area contributed by atoms with Crippen molar-refractivity contribution in [1.82, 2.24) is 9.97 Å². The summed E-state index contributed by atoms with van der Waals surface area (Å²) in [7, 11) is 0. The number of hydrogen-bond donors (Lipinski definition) is 1. The Hall–Kier alpha value is -2.43.